The van der Waals surface area contributed by atoms with E-state index in [0.29, 0.717) is 12.1 Å². The standard InChI is InChI=1S/C14H16N2O2/c1-3-16(9-10(2)17)14(18)12-4-5-13-11(8-12)6-7-15-13/h4-8,15H,3,9H2,1-2H3. The molecule has 1 amide bonds. The minimum absolute atomic E-state index is 0.00655. The van der Waals surface area contributed by atoms with E-state index in [1.165, 1.54) is 6.92 Å². The van der Waals surface area contributed by atoms with Gasteiger partial charge < -0.3 is 9.88 Å². The van der Waals surface area contributed by atoms with E-state index < -0.39 is 0 Å². The number of Topliss-reactive ketones (excluding diaryl/α,β-unsaturated/α-hetero) is 1. The molecule has 0 radical (unpaired) electrons. The van der Waals surface area contributed by atoms with Crippen molar-refractivity contribution in [1.29, 1.82) is 0 Å². The summed E-state index contributed by atoms with van der Waals surface area (Å²) in [7, 11) is 0. The monoisotopic (exact) mass is 244 g/mol. The van der Waals surface area contributed by atoms with Gasteiger partial charge in [-0.25, -0.2) is 0 Å². The fourth-order valence-corrected chi connectivity index (χ4v) is 1.96. The van der Waals surface area contributed by atoms with E-state index in [1.54, 1.807) is 11.0 Å². The predicted molar refractivity (Wildman–Crippen MR) is 70.6 cm³/mol. The summed E-state index contributed by atoms with van der Waals surface area (Å²) in [6.45, 7) is 4.06. The third-order valence-corrected chi connectivity index (χ3v) is 2.88. The number of ketones is 1. The number of carbonyl (C=O) groups is 2. The summed E-state index contributed by atoms with van der Waals surface area (Å²) < 4.78 is 0. The highest BCUT2D eigenvalue weighted by atomic mass is 16.2. The SMILES string of the molecule is CCN(CC(C)=O)C(=O)c1ccc2[nH]ccc2c1. The van der Waals surface area contributed by atoms with Gasteiger partial charge in [-0.1, -0.05) is 0 Å². The largest absolute Gasteiger partial charge is 0.361 e. The average Bonchev–Trinajstić information content (AvgIpc) is 2.81. The Balaban J connectivity index is 2.28. The maximum atomic E-state index is 12.2. The van der Waals surface area contributed by atoms with Crippen molar-refractivity contribution in [2.75, 3.05) is 13.1 Å². The van der Waals surface area contributed by atoms with Crippen molar-refractivity contribution in [2.24, 2.45) is 0 Å². The van der Waals surface area contributed by atoms with E-state index in [-0.39, 0.29) is 18.2 Å². The van der Waals surface area contributed by atoms with Gasteiger partial charge in [0.15, 0.2) is 0 Å². The first-order valence-corrected chi connectivity index (χ1v) is 5.97. The normalized spacial score (nSPS) is 10.6. The second kappa shape index (κ2) is 5.04. The number of nitrogens with zero attached hydrogens (tertiary/aromatic N) is 1. The highest BCUT2D eigenvalue weighted by Gasteiger charge is 2.15. The molecule has 0 spiro atoms. The molecule has 0 fully saturated rings. The fourth-order valence-electron chi connectivity index (χ4n) is 1.96. The molecule has 0 saturated carbocycles. The number of likely N-dealkylation sites (N-methyl/N-ethyl adjacent to an activating group) is 1. The van der Waals surface area contributed by atoms with Gasteiger partial charge in [0.1, 0.15) is 5.78 Å². The van der Waals surface area contributed by atoms with Crippen molar-refractivity contribution in [3.05, 3.63) is 36.0 Å². The molecule has 2 aromatic rings. The van der Waals surface area contributed by atoms with Crippen molar-refractivity contribution in [3.63, 3.8) is 0 Å². The van der Waals surface area contributed by atoms with Gasteiger partial charge in [-0.15, -0.1) is 0 Å². The highest BCUT2D eigenvalue weighted by Crippen LogP contribution is 2.15. The maximum absolute atomic E-state index is 12.2. The molecule has 1 N–H and O–H groups in total. The van der Waals surface area contributed by atoms with Crippen LogP contribution in [0.15, 0.2) is 30.5 Å². The van der Waals surface area contributed by atoms with Crippen LogP contribution < -0.4 is 0 Å². The Morgan fingerprint density at radius 2 is 2.06 bits per heavy atom. The fraction of sp³-hybridized carbons (Fsp3) is 0.286. The van der Waals surface area contributed by atoms with E-state index >= 15 is 0 Å². The van der Waals surface area contributed by atoms with Gasteiger partial charge in [0, 0.05) is 29.2 Å². The molecule has 94 valence electrons. The average molecular weight is 244 g/mol. The Kier molecular flexibility index (Phi) is 3.46. The number of H-pyrrole nitrogens is 1. The maximum Gasteiger partial charge on any atom is 0.254 e. The summed E-state index contributed by atoms with van der Waals surface area (Å²) in [4.78, 5) is 28.0. The summed E-state index contributed by atoms with van der Waals surface area (Å²) in [6, 6.07) is 7.43. The number of aromatic amines is 1. The lowest BCUT2D eigenvalue weighted by Gasteiger charge is -2.19. The molecule has 0 unspecified atom stereocenters. The minimum Gasteiger partial charge on any atom is -0.361 e. The molecule has 18 heavy (non-hydrogen) atoms. The minimum atomic E-state index is -0.101. The Bertz CT molecular complexity index is 586. The lowest BCUT2D eigenvalue weighted by molar-refractivity contribution is -0.117. The van der Waals surface area contributed by atoms with Gasteiger partial charge >= 0.3 is 0 Å². The van der Waals surface area contributed by atoms with E-state index in [2.05, 4.69) is 4.98 Å². The van der Waals surface area contributed by atoms with E-state index in [1.807, 2.05) is 31.3 Å². The summed E-state index contributed by atoms with van der Waals surface area (Å²) in [5.74, 6) is -0.108. The van der Waals surface area contributed by atoms with Crippen LogP contribution in [0, 0.1) is 0 Å². The second-order valence-corrected chi connectivity index (χ2v) is 4.30. The molecule has 0 saturated heterocycles. The lowest BCUT2D eigenvalue weighted by atomic mass is 10.1. The Labute approximate surface area is 106 Å². The Morgan fingerprint density at radius 3 is 2.72 bits per heavy atom. The van der Waals surface area contributed by atoms with E-state index in [9.17, 15) is 9.59 Å². The summed E-state index contributed by atoms with van der Waals surface area (Å²) in [6.07, 6.45) is 1.84. The molecule has 1 heterocycles. The van der Waals surface area contributed by atoms with Crippen LogP contribution in [0.25, 0.3) is 10.9 Å². The molecule has 4 nitrogen and oxygen atoms in total. The van der Waals surface area contributed by atoms with Crippen LogP contribution in [0.4, 0.5) is 0 Å². The van der Waals surface area contributed by atoms with E-state index in [0.717, 1.165) is 10.9 Å². The molecular formula is C14H16N2O2. The second-order valence-electron chi connectivity index (χ2n) is 4.30. The van der Waals surface area contributed by atoms with Gasteiger partial charge in [-0.2, -0.15) is 0 Å². The van der Waals surface area contributed by atoms with Crippen LogP contribution in [0.2, 0.25) is 0 Å². The van der Waals surface area contributed by atoms with Crippen LogP contribution in [-0.2, 0) is 4.79 Å². The molecule has 0 aliphatic carbocycles. The number of fused-ring (bicyclic) bond motifs is 1. The molecule has 0 aliphatic heterocycles. The van der Waals surface area contributed by atoms with Crippen molar-refractivity contribution in [2.45, 2.75) is 13.8 Å². The van der Waals surface area contributed by atoms with Crippen molar-refractivity contribution in [1.82, 2.24) is 9.88 Å². The van der Waals surface area contributed by atoms with Gasteiger partial charge in [0.2, 0.25) is 0 Å². The molecule has 0 atom stereocenters. The number of aromatic nitrogens is 1. The lowest BCUT2D eigenvalue weighted by Crippen LogP contribution is -2.34. The first kappa shape index (κ1) is 12.4. The highest BCUT2D eigenvalue weighted by molar-refractivity contribution is 5.99. The van der Waals surface area contributed by atoms with Crippen molar-refractivity contribution >= 4 is 22.6 Å². The van der Waals surface area contributed by atoms with Crippen LogP contribution in [0.1, 0.15) is 24.2 Å². The van der Waals surface area contributed by atoms with Crippen LogP contribution >= 0.6 is 0 Å². The van der Waals surface area contributed by atoms with Crippen LogP contribution in [0.3, 0.4) is 0 Å². The van der Waals surface area contributed by atoms with Gasteiger partial charge in [0.05, 0.1) is 6.54 Å². The number of hydrogen-bond acceptors (Lipinski definition) is 2. The predicted octanol–water partition coefficient (Wildman–Crippen LogP) is 2.22. The number of rotatable bonds is 4. The number of carbonyl (C=O) groups excluding carboxylic acids is 2. The quantitative estimate of drug-likeness (QED) is 0.896. The van der Waals surface area contributed by atoms with Gasteiger partial charge in [-0.3, -0.25) is 9.59 Å². The van der Waals surface area contributed by atoms with Crippen molar-refractivity contribution < 1.29 is 9.59 Å². The smallest absolute Gasteiger partial charge is 0.254 e. The van der Waals surface area contributed by atoms with Crippen LogP contribution in [-0.4, -0.2) is 34.7 Å². The molecular weight excluding hydrogens is 228 g/mol. The van der Waals surface area contributed by atoms with E-state index in [4.69, 9.17) is 0 Å². The summed E-state index contributed by atoms with van der Waals surface area (Å²) >= 11 is 0. The summed E-state index contributed by atoms with van der Waals surface area (Å²) in [5, 5.41) is 1.000. The zero-order chi connectivity index (χ0) is 13.1. The topological polar surface area (TPSA) is 53.2 Å². The zero-order valence-electron chi connectivity index (χ0n) is 10.6. The first-order valence-electron chi connectivity index (χ1n) is 5.97. The summed E-state index contributed by atoms with van der Waals surface area (Å²) in [5.41, 5.74) is 1.62. The van der Waals surface area contributed by atoms with Gasteiger partial charge in [0.25, 0.3) is 5.91 Å². The van der Waals surface area contributed by atoms with Crippen LogP contribution in [0.5, 0.6) is 0 Å². The molecule has 0 bridgehead atoms. The molecule has 4 heteroatoms. The molecule has 2 rings (SSSR count). The van der Waals surface area contributed by atoms with Crippen molar-refractivity contribution in [3.8, 4) is 0 Å². The number of amides is 1. The number of nitrogens with one attached hydrogen (secondary N) is 1. The Hall–Kier alpha value is -2.10. The molecule has 0 aliphatic rings. The zero-order valence-corrected chi connectivity index (χ0v) is 10.6. The first-order chi connectivity index (χ1) is 8.61. The molecule has 1 aromatic carbocycles. The third kappa shape index (κ3) is 2.42. The number of hydrogen-bond donors (Lipinski definition) is 1. The van der Waals surface area contributed by atoms with Gasteiger partial charge in [-0.05, 0) is 38.1 Å². The third-order valence-electron chi connectivity index (χ3n) is 2.88. The Morgan fingerprint density at radius 1 is 1.28 bits per heavy atom. The molecule has 1 aromatic heterocycles. The number of benzene rings is 1.